The smallest absolute Gasteiger partial charge is 0.224 e. The summed E-state index contributed by atoms with van der Waals surface area (Å²) in [6, 6.07) is 7.85. The molecule has 4 nitrogen and oxygen atoms in total. The van der Waals surface area contributed by atoms with Crippen molar-refractivity contribution in [1.82, 2.24) is 5.32 Å². The second-order valence-electron chi connectivity index (χ2n) is 6.59. The summed E-state index contributed by atoms with van der Waals surface area (Å²) in [5, 5.41) is 5.71. The highest BCUT2D eigenvalue weighted by atomic mass is 16.2. The fourth-order valence-corrected chi connectivity index (χ4v) is 2.45. The Morgan fingerprint density at radius 2 is 1.54 bits per heavy atom. The average molecular weight is 332 g/mol. The zero-order valence-corrected chi connectivity index (χ0v) is 15.4. The standard InChI is InChI=1S/C20H32N2O2/c1-4-5-6-7-8-15-21-19(23)13-14-20(24)22-18-11-9-17(10-12-18)16(2)3/h9-12,16H,4-8,13-15H2,1-3H3,(H,21,23)(H,22,24). The molecule has 1 aromatic rings. The first-order valence-corrected chi connectivity index (χ1v) is 9.19. The number of carbonyl (C=O) groups is 2. The predicted molar refractivity (Wildman–Crippen MR) is 100 cm³/mol. The first-order chi connectivity index (χ1) is 11.5. The van der Waals surface area contributed by atoms with Crippen molar-refractivity contribution < 1.29 is 9.59 Å². The van der Waals surface area contributed by atoms with Gasteiger partial charge in [0, 0.05) is 25.1 Å². The molecular weight excluding hydrogens is 300 g/mol. The van der Waals surface area contributed by atoms with Gasteiger partial charge in [-0.05, 0) is 30.0 Å². The Bertz CT molecular complexity index is 495. The lowest BCUT2D eigenvalue weighted by Gasteiger charge is -2.09. The highest BCUT2D eigenvalue weighted by Crippen LogP contribution is 2.17. The number of benzene rings is 1. The van der Waals surface area contributed by atoms with Gasteiger partial charge in [0.15, 0.2) is 0 Å². The van der Waals surface area contributed by atoms with E-state index in [1.807, 2.05) is 24.3 Å². The molecule has 0 unspecified atom stereocenters. The molecule has 134 valence electrons. The Morgan fingerprint density at radius 1 is 0.917 bits per heavy atom. The van der Waals surface area contributed by atoms with Gasteiger partial charge in [0.2, 0.25) is 11.8 Å². The molecule has 4 heteroatoms. The lowest BCUT2D eigenvalue weighted by atomic mass is 10.0. The first-order valence-electron chi connectivity index (χ1n) is 9.19. The van der Waals surface area contributed by atoms with E-state index in [1.54, 1.807) is 0 Å². The van der Waals surface area contributed by atoms with Gasteiger partial charge in [0.25, 0.3) is 0 Å². The third-order valence-corrected chi connectivity index (χ3v) is 4.04. The molecule has 0 saturated heterocycles. The topological polar surface area (TPSA) is 58.2 Å². The molecule has 0 atom stereocenters. The number of hydrogen-bond donors (Lipinski definition) is 2. The summed E-state index contributed by atoms with van der Waals surface area (Å²) in [5.74, 6) is 0.307. The first kappa shape index (κ1) is 20.2. The largest absolute Gasteiger partial charge is 0.356 e. The van der Waals surface area contributed by atoms with E-state index in [0.717, 1.165) is 18.5 Å². The third kappa shape index (κ3) is 8.70. The minimum atomic E-state index is -0.120. The van der Waals surface area contributed by atoms with Gasteiger partial charge in [-0.3, -0.25) is 9.59 Å². The molecule has 2 N–H and O–H groups in total. The highest BCUT2D eigenvalue weighted by Gasteiger charge is 2.07. The van der Waals surface area contributed by atoms with E-state index in [9.17, 15) is 9.59 Å². The summed E-state index contributed by atoms with van der Waals surface area (Å²) in [5.41, 5.74) is 2.02. The van der Waals surface area contributed by atoms with E-state index in [0.29, 0.717) is 12.5 Å². The monoisotopic (exact) mass is 332 g/mol. The summed E-state index contributed by atoms with van der Waals surface area (Å²) in [7, 11) is 0. The lowest BCUT2D eigenvalue weighted by molar-refractivity contribution is -0.124. The molecule has 0 saturated carbocycles. The van der Waals surface area contributed by atoms with E-state index in [2.05, 4.69) is 31.4 Å². The molecule has 0 aliphatic carbocycles. The number of nitrogens with one attached hydrogen (secondary N) is 2. The maximum atomic E-state index is 11.9. The van der Waals surface area contributed by atoms with Crippen molar-refractivity contribution >= 4 is 17.5 Å². The molecule has 2 amide bonds. The van der Waals surface area contributed by atoms with Gasteiger partial charge in [-0.1, -0.05) is 58.6 Å². The molecule has 0 fully saturated rings. The van der Waals surface area contributed by atoms with E-state index < -0.39 is 0 Å². The molecule has 0 aromatic heterocycles. The molecule has 0 radical (unpaired) electrons. The van der Waals surface area contributed by atoms with E-state index >= 15 is 0 Å². The third-order valence-electron chi connectivity index (χ3n) is 4.04. The van der Waals surface area contributed by atoms with Crippen molar-refractivity contribution in [3.05, 3.63) is 29.8 Å². The van der Waals surface area contributed by atoms with Gasteiger partial charge in [0.1, 0.15) is 0 Å². The van der Waals surface area contributed by atoms with Gasteiger partial charge in [-0.25, -0.2) is 0 Å². The molecular formula is C20H32N2O2. The van der Waals surface area contributed by atoms with E-state index in [-0.39, 0.29) is 24.7 Å². The summed E-state index contributed by atoms with van der Waals surface area (Å²) in [4.78, 5) is 23.6. The quantitative estimate of drug-likeness (QED) is 0.581. The van der Waals surface area contributed by atoms with Crippen LogP contribution in [0.1, 0.15) is 77.2 Å². The normalized spacial score (nSPS) is 10.7. The number of anilines is 1. The number of unbranched alkanes of at least 4 members (excludes halogenated alkanes) is 4. The fourth-order valence-electron chi connectivity index (χ4n) is 2.45. The highest BCUT2D eigenvalue weighted by molar-refractivity contribution is 5.93. The van der Waals surface area contributed by atoms with Gasteiger partial charge in [-0.15, -0.1) is 0 Å². The minimum Gasteiger partial charge on any atom is -0.356 e. The average Bonchev–Trinajstić information content (AvgIpc) is 2.56. The lowest BCUT2D eigenvalue weighted by Crippen LogP contribution is -2.25. The molecule has 1 aromatic carbocycles. The second kappa shape index (κ2) is 11.7. The molecule has 0 aliphatic rings. The van der Waals surface area contributed by atoms with Crippen LogP contribution < -0.4 is 10.6 Å². The Balaban J connectivity index is 2.17. The van der Waals surface area contributed by atoms with Crippen LogP contribution in [0.3, 0.4) is 0 Å². The summed E-state index contributed by atoms with van der Waals surface area (Å²) in [6.45, 7) is 7.17. The SMILES string of the molecule is CCCCCCCNC(=O)CCC(=O)Nc1ccc(C(C)C)cc1. The van der Waals surface area contributed by atoms with Crippen LogP contribution in [0.5, 0.6) is 0 Å². The molecule has 0 heterocycles. The predicted octanol–water partition coefficient (Wildman–Crippen LogP) is 4.62. The Hall–Kier alpha value is -1.84. The van der Waals surface area contributed by atoms with Gasteiger partial charge >= 0.3 is 0 Å². The number of rotatable bonds is 11. The second-order valence-corrected chi connectivity index (χ2v) is 6.59. The Morgan fingerprint density at radius 3 is 2.17 bits per heavy atom. The van der Waals surface area contributed by atoms with Crippen LogP contribution in [0, 0.1) is 0 Å². The number of amides is 2. The van der Waals surface area contributed by atoms with Crippen LogP contribution in [0.15, 0.2) is 24.3 Å². The Kier molecular flexibility index (Phi) is 9.81. The van der Waals surface area contributed by atoms with Crippen molar-refractivity contribution in [2.24, 2.45) is 0 Å². The molecule has 0 bridgehead atoms. The molecule has 0 aliphatic heterocycles. The van der Waals surface area contributed by atoms with Crippen molar-refractivity contribution in [3.63, 3.8) is 0 Å². The molecule has 24 heavy (non-hydrogen) atoms. The maximum Gasteiger partial charge on any atom is 0.224 e. The minimum absolute atomic E-state index is 0.0456. The van der Waals surface area contributed by atoms with Crippen LogP contribution in [0.2, 0.25) is 0 Å². The summed E-state index contributed by atoms with van der Waals surface area (Å²) < 4.78 is 0. The molecule has 1 rings (SSSR count). The number of carbonyl (C=O) groups excluding carboxylic acids is 2. The van der Waals surface area contributed by atoms with Crippen molar-refractivity contribution in [2.75, 3.05) is 11.9 Å². The summed E-state index contributed by atoms with van der Waals surface area (Å²) >= 11 is 0. The van der Waals surface area contributed by atoms with Crippen molar-refractivity contribution in [3.8, 4) is 0 Å². The van der Waals surface area contributed by atoms with Gasteiger partial charge in [-0.2, -0.15) is 0 Å². The van der Waals surface area contributed by atoms with Crippen LogP contribution in [-0.4, -0.2) is 18.4 Å². The molecule has 0 spiro atoms. The van der Waals surface area contributed by atoms with Crippen molar-refractivity contribution in [1.29, 1.82) is 0 Å². The van der Waals surface area contributed by atoms with Crippen LogP contribution in [0.25, 0.3) is 0 Å². The zero-order valence-electron chi connectivity index (χ0n) is 15.4. The fraction of sp³-hybridized carbons (Fsp3) is 0.600. The van der Waals surface area contributed by atoms with Crippen LogP contribution in [-0.2, 0) is 9.59 Å². The maximum absolute atomic E-state index is 11.9. The zero-order chi connectivity index (χ0) is 17.8. The van der Waals surface area contributed by atoms with E-state index in [1.165, 1.54) is 24.8 Å². The van der Waals surface area contributed by atoms with Gasteiger partial charge in [0.05, 0.1) is 0 Å². The van der Waals surface area contributed by atoms with Crippen molar-refractivity contribution in [2.45, 2.75) is 71.6 Å². The van der Waals surface area contributed by atoms with Crippen LogP contribution >= 0.6 is 0 Å². The summed E-state index contributed by atoms with van der Waals surface area (Å²) in [6.07, 6.45) is 6.33. The van der Waals surface area contributed by atoms with E-state index in [4.69, 9.17) is 0 Å². The Labute approximate surface area is 146 Å². The van der Waals surface area contributed by atoms with Gasteiger partial charge < -0.3 is 10.6 Å². The number of hydrogen-bond acceptors (Lipinski definition) is 2. The van der Waals surface area contributed by atoms with Crippen LogP contribution in [0.4, 0.5) is 5.69 Å².